The number of hydrogen-bond acceptors (Lipinski definition) is 3. The molecule has 0 saturated heterocycles. The van der Waals surface area contributed by atoms with Gasteiger partial charge in [0.2, 0.25) is 5.91 Å². The molecule has 1 aromatic carbocycles. The Bertz CT molecular complexity index is 453. The highest BCUT2D eigenvalue weighted by molar-refractivity contribution is 5.92. The van der Waals surface area contributed by atoms with Crippen molar-refractivity contribution < 1.29 is 9.53 Å². The summed E-state index contributed by atoms with van der Waals surface area (Å²) in [7, 11) is 1.49. The number of ether oxygens (including phenoxy) is 1. The molecule has 0 spiro atoms. The molecule has 0 atom stereocenters. The third-order valence-electron chi connectivity index (χ3n) is 2.10. The maximum absolute atomic E-state index is 11.4. The van der Waals surface area contributed by atoms with Crippen LogP contribution in [0.5, 0.6) is 5.75 Å². The summed E-state index contributed by atoms with van der Waals surface area (Å²) in [4.78, 5) is 14.1. The maximum atomic E-state index is 11.4. The maximum Gasteiger partial charge on any atom is 0.224 e. The molecule has 0 aliphatic carbocycles. The SMILES string of the molecule is CCCC(=O)Nc1ccc(N=[N+]=[N-])cc1OC. The van der Waals surface area contributed by atoms with Gasteiger partial charge in [-0.25, -0.2) is 0 Å². The van der Waals surface area contributed by atoms with Gasteiger partial charge < -0.3 is 10.1 Å². The summed E-state index contributed by atoms with van der Waals surface area (Å²) < 4.78 is 5.11. The van der Waals surface area contributed by atoms with E-state index < -0.39 is 0 Å². The Hall–Kier alpha value is -2.20. The van der Waals surface area contributed by atoms with Crippen LogP contribution < -0.4 is 10.1 Å². The Balaban J connectivity index is 2.92. The van der Waals surface area contributed by atoms with Crippen molar-refractivity contribution in [1.82, 2.24) is 0 Å². The van der Waals surface area contributed by atoms with E-state index in [0.717, 1.165) is 6.42 Å². The first-order chi connectivity index (χ1) is 8.21. The highest BCUT2D eigenvalue weighted by Crippen LogP contribution is 2.29. The highest BCUT2D eigenvalue weighted by atomic mass is 16.5. The molecule has 0 saturated carbocycles. The van der Waals surface area contributed by atoms with Gasteiger partial charge in [0, 0.05) is 17.0 Å². The van der Waals surface area contributed by atoms with Crippen LogP contribution in [0, 0.1) is 0 Å². The molecule has 6 nitrogen and oxygen atoms in total. The molecule has 0 unspecified atom stereocenters. The van der Waals surface area contributed by atoms with Gasteiger partial charge in [-0.15, -0.1) is 0 Å². The van der Waals surface area contributed by atoms with Crippen LogP contribution in [-0.4, -0.2) is 13.0 Å². The second kappa shape index (κ2) is 6.40. The zero-order chi connectivity index (χ0) is 12.7. The Kier molecular flexibility index (Phi) is 4.84. The molecule has 0 bridgehead atoms. The topological polar surface area (TPSA) is 87.1 Å². The summed E-state index contributed by atoms with van der Waals surface area (Å²) in [5.74, 6) is 0.404. The third-order valence-corrected chi connectivity index (χ3v) is 2.10. The molecule has 0 fully saturated rings. The van der Waals surface area contributed by atoms with Crippen LogP contribution in [0.4, 0.5) is 11.4 Å². The van der Waals surface area contributed by atoms with Crippen molar-refractivity contribution in [2.75, 3.05) is 12.4 Å². The highest BCUT2D eigenvalue weighted by Gasteiger charge is 2.07. The Morgan fingerprint density at radius 1 is 1.59 bits per heavy atom. The summed E-state index contributed by atoms with van der Waals surface area (Å²) in [5, 5.41) is 6.19. The number of rotatable bonds is 5. The van der Waals surface area contributed by atoms with Gasteiger partial charge in [-0.1, -0.05) is 18.1 Å². The fourth-order valence-corrected chi connectivity index (χ4v) is 1.34. The number of amides is 1. The Morgan fingerprint density at radius 2 is 2.35 bits per heavy atom. The Morgan fingerprint density at radius 3 is 2.94 bits per heavy atom. The molecular formula is C11H14N4O2. The minimum atomic E-state index is -0.0673. The van der Waals surface area contributed by atoms with E-state index in [4.69, 9.17) is 10.3 Å². The molecule has 17 heavy (non-hydrogen) atoms. The lowest BCUT2D eigenvalue weighted by Crippen LogP contribution is -2.11. The summed E-state index contributed by atoms with van der Waals surface area (Å²) in [6.45, 7) is 1.93. The number of methoxy groups -OCH3 is 1. The quantitative estimate of drug-likeness (QED) is 0.481. The van der Waals surface area contributed by atoms with Crippen molar-refractivity contribution in [2.24, 2.45) is 5.11 Å². The first kappa shape index (κ1) is 12.9. The fraction of sp³-hybridized carbons (Fsp3) is 0.364. The van der Waals surface area contributed by atoms with E-state index >= 15 is 0 Å². The molecule has 6 heteroatoms. The van der Waals surface area contributed by atoms with Crippen LogP contribution in [0.2, 0.25) is 0 Å². The molecule has 1 rings (SSSR count). The first-order valence-corrected chi connectivity index (χ1v) is 5.24. The number of anilines is 1. The molecule has 1 N–H and O–H groups in total. The van der Waals surface area contributed by atoms with Gasteiger partial charge >= 0.3 is 0 Å². The van der Waals surface area contributed by atoms with E-state index in [0.29, 0.717) is 23.5 Å². The van der Waals surface area contributed by atoms with E-state index in [-0.39, 0.29) is 5.91 Å². The average Bonchev–Trinajstić information content (AvgIpc) is 2.31. The van der Waals surface area contributed by atoms with Crippen LogP contribution in [-0.2, 0) is 4.79 Å². The van der Waals surface area contributed by atoms with Crippen molar-refractivity contribution in [3.63, 3.8) is 0 Å². The average molecular weight is 234 g/mol. The minimum absolute atomic E-state index is 0.0673. The van der Waals surface area contributed by atoms with Gasteiger partial charge in [-0.2, -0.15) is 0 Å². The molecule has 0 aliphatic heterocycles. The minimum Gasteiger partial charge on any atom is -0.495 e. The van der Waals surface area contributed by atoms with Crippen molar-refractivity contribution in [1.29, 1.82) is 0 Å². The second-order valence-electron chi connectivity index (χ2n) is 3.37. The fourth-order valence-electron chi connectivity index (χ4n) is 1.34. The number of benzene rings is 1. The smallest absolute Gasteiger partial charge is 0.224 e. The molecule has 90 valence electrons. The summed E-state index contributed by atoms with van der Waals surface area (Å²) in [6.07, 6.45) is 1.24. The number of nitrogens with zero attached hydrogens (tertiary/aromatic N) is 3. The van der Waals surface area contributed by atoms with Gasteiger partial charge in [0.1, 0.15) is 5.75 Å². The van der Waals surface area contributed by atoms with Gasteiger partial charge in [0.25, 0.3) is 0 Å². The normalized spacial score (nSPS) is 9.29. The Labute approximate surface area is 99.2 Å². The van der Waals surface area contributed by atoms with Crippen LogP contribution in [0.3, 0.4) is 0 Å². The number of carbonyl (C=O) groups excluding carboxylic acids is 1. The lowest BCUT2D eigenvalue weighted by atomic mass is 10.2. The standard InChI is InChI=1S/C11H14N4O2/c1-3-4-11(16)13-9-6-5-8(14-15-12)7-10(9)17-2/h5-7H,3-4H2,1-2H3,(H,13,16). The largest absolute Gasteiger partial charge is 0.495 e. The zero-order valence-electron chi connectivity index (χ0n) is 9.80. The van der Waals surface area contributed by atoms with Gasteiger partial charge in [0.05, 0.1) is 12.8 Å². The van der Waals surface area contributed by atoms with E-state index in [1.807, 2.05) is 6.92 Å². The van der Waals surface area contributed by atoms with Gasteiger partial charge in [-0.05, 0) is 24.1 Å². The lowest BCUT2D eigenvalue weighted by molar-refractivity contribution is -0.116. The molecule has 0 aliphatic rings. The van der Waals surface area contributed by atoms with Crippen LogP contribution in [0.25, 0.3) is 10.4 Å². The predicted molar refractivity (Wildman–Crippen MR) is 65.3 cm³/mol. The van der Waals surface area contributed by atoms with Crippen LogP contribution in [0.1, 0.15) is 19.8 Å². The third kappa shape index (κ3) is 3.70. The lowest BCUT2D eigenvalue weighted by Gasteiger charge is -2.10. The van der Waals surface area contributed by atoms with Crippen LogP contribution >= 0.6 is 0 Å². The number of hydrogen-bond donors (Lipinski definition) is 1. The van der Waals surface area contributed by atoms with E-state index in [1.54, 1.807) is 18.2 Å². The van der Waals surface area contributed by atoms with Crippen LogP contribution in [0.15, 0.2) is 23.3 Å². The molecule has 1 aromatic rings. The zero-order valence-corrected chi connectivity index (χ0v) is 9.80. The first-order valence-electron chi connectivity index (χ1n) is 5.24. The molecule has 1 amide bonds. The van der Waals surface area contributed by atoms with E-state index in [9.17, 15) is 4.79 Å². The number of nitrogens with one attached hydrogen (secondary N) is 1. The van der Waals surface area contributed by atoms with Gasteiger partial charge in [0.15, 0.2) is 0 Å². The molecular weight excluding hydrogens is 220 g/mol. The van der Waals surface area contributed by atoms with Crippen molar-refractivity contribution >= 4 is 17.3 Å². The summed E-state index contributed by atoms with van der Waals surface area (Å²) >= 11 is 0. The van der Waals surface area contributed by atoms with Gasteiger partial charge in [-0.3, -0.25) is 4.79 Å². The molecule has 0 heterocycles. The van der Waals surface area contributed by atoms with E-state index in [2.05, 4.69) is 15.3 Å². The monoisotopic (exact) mass is 234 g/mol. The number of carbonyl (C=O) groups is 1. The van der Waals surface area contributed by atoms with Crippen molar-refractivity contribution in [3.05, 3.63) is 28.6 Å². The second-order valence-corrected chi connectivity index (χ2v) is 3.37. The molecule has 0 aromatic heterocycles. The predicted octanol–water partition coefficient (Wildman–Crippen LogP) is 3.38. The van der Waals surface area contributed by atoms with E-state index in [1.165, 1.54) is 7.11 Å². The summed E-state index contributed by atoms with van der Waals surface area (Å²) in [5.41, 5.74) is 9.33. The van der Waals surface area contributed by atoms with Crippen molar-refractivity contribution in [3.8, 4) is 5.75 Å². The van der Waals surface area contributed by atoms with Crippen molar-refractivity contribution in [2.45, 2.75) is 19.8 Å². The summed E-state index contributed by atoms with van der Waals surface area (Å²) in [6, 6.07) is 4.83. The molecule has 0 radical (unpaired) electrons. The number of azide groups is 1.